The highest BCUT2D eigenvalue weighted by atomic mass is 16.5. The minimum absolute atomic E-state index is 0.109. The fourth-order valence-electron chi connectivity index (χ4n) is 2.45. The van der Waals surface area contributed by atoms with Gasteiger partial charge in [-0.3, -0.25) is 0 Å². The smallest absolute Gasteiger partial charge is 0.126 e. The third-order valence-electron chi connectivity index (χ3n) is 3.50. The highest BCUT2D eigenvalue weighted by Crippen LogP contribution is 2.27. The van der Waals surface area contributed by atoms with Crippen LogP contribution in [0.5, 0.6) is 11.5 Å². The van der Waals surface area contributed by atoms with Crippen LogP contribution in [0, 0.1) is 0 Å². The van der Waals surface area contributed by atoms with Crippen molar-refractivity contribution in [3.63, 3.8) is 0 Å². The Morgan fingerprint density at radius 2 is 2.24 bits per heavy atom. The molecule has 0 saturated carbocycles. The second kappa shape index (κ2) is 8.25. The second-order valence-electron chi connectivity index (χ2n) is 5.75. The molecule has 21 heavy (non-hydrogen) atoms. The monoisotopic (exact) mass is 293 g/mol. The van der Waals surface area contributed by atoms with E-state index in [4.69, 9.17) is 19.9 Å². The van der Waals surface area contributed by atoms with E-state index in [2.05, 4.69) is 13.0 Å². The van der Waals surface area contributed by atoms with Crippen molar-refractivity contribution in [2.45, 2.75) is 51.7 Å². The van der Waals surface area contributed by atoms with E-state index in [0.717, 1.165) is 56.0 Å². The molecule has 1 aliphatic heterocycles. The van der Waals surface area contributed by atoms with Crippen molar-refractivity contribution in [3.05, 3.63) is 23.8 Å². The minimum Gasteiger partial charge on any atom is -0.493 e. The van der Waals surface area contributed by atoms with Crippen LogP contribution in [0.1, 0.15) is 38.7 Å². The average molecular weight is 293 g/mol. The molecule has 118 valence electrons. The van der Waals surface area contributed by atoms with Crippen LogP contribution in [-0.4, -0.2) is 32.0 Å². The molecule has 2 unspecified atom stereocenters. The van der Waals surface area contributed by atoms with E-state index in [1.165, 1.54) is 0 Å². The third-order valence-corrected chi connectivity index (χ3v) is 3.50. The van der Waals surface area contributed by atoms with E-state index >= 15 is 0 Å². The Morgan fingerprint density at radius 3 is 2.90 bits per heavy atom. The summed E-state index contributed by atoms with van der Waals surface area (Å²) in [5, 5.41) is 0. The highest BCUT2D eigenvalue weighted by molar-refractivity contribution is 5.41. The molecule has 0 bridgehead atoms. The van der Waals surface area contributed by atoms with Gasteiger partial charge >= 0.3 is 0 Å². The van der Waals surface area contributed by atoms with Gasteiger partial charge in [0.2, 0.25) is 0 Å². The maximum atomic E-state index is 5.98. The molecule has 0 spiro atoms. The summed E-state index contributed by atoms with van der Waals surface area (Å²) in [4.78, 5) is 0. The van der Waals surface area contributed by atoms with Gasteiger partial charge in [-0.05, 0) is 44.2 Å². The van der Waals surface area contributed by atoms with Gasteiger partial charge in [0.25, 0.3) is 0 Å². The van der Waals surface area contributed by atoms with E-state index in [1.54, 1.807) is 0 Å². The van der Waals surface area contributed by atoms with Crippen molar-refractivity contribution in [2.75, 3.05) is 19.8 Å². The van der Waals surface area contributed by atoms with Gasteiger partial charge in [-0.25, -0.2) is 0 Å². The van der Waals surface area contributed by atoms with Crippen LogP contribution in [-0.2, 0) is 11.2 Å². The predicted octanol–water partition coefficient (Wildman–Crippen LogP) is 2.92. The first-order valence-electron chi connectivity index (χ1n) is 7.94. The van der Waals surface area contributed by atoms with Crippen LogP contribution in [0.4, 0.5) is 0 Å². The molecule has 1 aromatic rings. The van der Waals surface area contributed by atoms with Crippen LogP contribution in [0.15, 0.2) is 18.2 Å². The first-order valence-corrected chi connectivity index (χ1v) is 7.94. The van der Waals surface area contributed by atoms with Crippen molar-refractivity contribution in [3.8, 4) is 11.5 Å². The van der Waals surface area contributed by atoms with Crippen LogP contribution >= 0.6 is 0 Å². The lowest BCUT2D eigenvalue weighted by atomic mass is 10.1. The molecule has 0 aromatic heterocycles. The summed E-state index contributed by atoms with van der Waals surface area (Å²) < 4.78 is 17.3. The van der Waals surface area contributed by atoms with Gasteiger partial charge in [0.1, 0.15) is 18.1 Å². The summed E-state index contributed by atoms with van der Waals surface area (Å²) in [6, 6.07) is 6.13. The number of benzene rings is 1. The molecule has 1 fully saturated rings. The first-order chi connectivity index (χ1) is 10.2. The van der Waals surface area contributed by atoms with Crippen molar-refractivity contribution < 1.29 is 14.2 Å². The minimum atomic E-state index is 0.109. The average Bonchev–Trinajstić information content (AvgIpc) is 2.97. The molecule has 0 amide bonds. The third kappa shape index (κ3) is 5.21. The Balaban J connectivity index is 2.04. The number of ether oxygens (including phenoxy) is 3. The van der Waals surface area contributed by atoms with Crippen LogP contribution in [0.25, 0.3) is 0 Å². The van der Waals surface area contributed by atoms with Crippen LogP contribution in [0.3, 0.4) is 0 Å². The molecule has 2 atom stereocenters. The summed E-state index contributed by atoms with van der Waals surface area (Å²) in [7, 11) is 0. The lowest BCUT2D eigenvalue weighted by molar-refractivity contribution is 0.0675. The van der Waals surface area contributed by atoms with Crippen molar-refractivity contribution in [2.24, 2.45) is 5.73 Å². The van der Waals surface area contributed by atoms with E-state index in [1.807, 2.05) is 19.1 Å². The topological polar surface area (TPSA) is 53.7 Å². The zero-order chi connectivity index (χ0) is 15.1. The molecule has 4 heteroatoms. The van der Waals surface area contributed by atoms with Crippen molar-refractivity contribution in [1.29, 1.82) is 0 Å². The number of nitrogens with two attached hydrogens (primary N) is 1. The molecule has 2 rings (SSSR count). The van der Waals surface area contributed by atoms with Crippen LogP contribution in [0.2, 0.25) is 0 Å². The zero-order valence-corrected chi connectivity index (χ0v) is 13.1. The molecule has 4 nitrogen and oxygen atoms in total. The quantitative estimate of drug-likeness (QED) is 0.800. The SMILES string of the molecule is CCCOc1ccc(CC(C)N)c(OCC2CCCO2)c1. The Bertz CT molecular complexity index is 428. The zero-order valence-electron chi connectivity index (χ0n) is 13.1. The molecular weight excluding hydrogens is 266 g/mol. The fraction of sp³-hybridized carbons (Fsp3) is 0.647. The molecule has 1 aromatic carbocycles. The van der Waals surface area contributed by atoms with E-state index in [9.17, 15) is 0 Å². The van der Waals surface area contributed by atoms with Gasteiger partial charge < -0.3 is 19.9 Å². The standard InChI is InChI=1S/C17H27NO3/c1-3-8-19-15-7-6-14(10-13(2)18)17(11-15)21-12-16-5-4-9-20-16/h6-7,11,13,16H,3-5,8-10,12,18H2,1-2H3. The molecule has 1 aliphatic rings. The molecule has 1 heterocycles. The number of hydrogen-bond donors (Lipinski definition) is 1. The van der Waals surface area contributed by atoms with Gasteiger partial charge in [0, 0.05) is 18.7 Å². The summed E-state index contributed by atoms with van der Waals surface area (Å²) >= 11 is 0. The van der Waals surface area contributed by atoms with Gasteiger partial charge in [-0.1, -0.05) is 13.0 Å². The van der Waals surface area contributed by atoms with E-state index in [0.29, 0.717) is 6.61 Å². The lowest BCUT2D eigenvalue weighted by Gasteiger charge is -2.17. The largest absolute Gasteiger partial charge is 0.493 e. The highest BCUT2D eigenvalue weighted by Gasteiger charge is 2.17. The molecule has 1 saturated heterocycles. The van der Waals surface area contributed by atoms with E-state index in [-0.39, 0.29) is 12.1 Å². The van der Waals surface area contributed by atoms with Gasteiger partial charge in [0.15, 0.2) is 0 Å². The van der Waals surface area contributed by atoms with Crippen LogP contribution < -0.4 is 15.2 Å². The number of rotatable bonds is 8. The lowest BCUT2D eigenvalue weighted by Crippen LogP contribution is -2.20. The predicted molar refractivity (Wildman–Crippen MR) is 84.1 cm³/mol. The summed E-state index contributed by atoms with van der Waals surface area (Å²) in [5.41, 5.74) is 7.05. The Morgan fingerprint density at radius 1 is 1.38 bits per heavy atom. The van der Waals surface area contributed by atoms with Gasteiger partial charge in [-0.15, -0.1) is 0 Å². The number of hydrogen-bond acceptors (Lipinski definition) is 4. The fourth-order valence-corrected chi connectivity index (χ4v) is 2.45. The summed E-state index contributed by atoms with van der Waals surface area (Å²) in [5.74, 6) is 1.73. The maximum Gasteiger partial charge on any atom is 0.126 e. The summed E-state index contributed by atoms with van der Waals surface area (Å²) in [6.07, 6.45) is 4.21. The Hall–Kier alpha value is -1.26. The van der Waals surface area contributed by atoms with E-state index < -0.39 is 0 Å². The Kier molecular flexibility index (Phi) is 6.33. The second-order valence-corrected chi connectivity index (χ2v) is 5.75. The first kappa shape index (κ1) is 16.1. The normalized spacial score (nSPS) is 19.5. The molecule has 2 N–H and O–H groups in total. The van der Waals surface area contributed by atoms with Gasteiger partial charge in [-0.2, -0.15) is 0 Å². The maximum absolute atomic E-state index is 5.98. The molecular formula is C17H27NO3. The van der Waals surface area contributed by atoms with Gasteiger partial charge in [0.05, 0.1) is 12.7 Å². The summed E-state index contributed by atoms with van der Waals surface area (Å²) in [6.45, 7) is 6.27. The molecule has 0 aliphatic carbocycles. The Labute approximate surface area is 127 Å². The van der Waals surface area contributed by atoms with Crippen molar-refractivity contribution >= 4 is 0 Å². The van der Waals surface area contributed by atoms with Crippen molar-refractivity contribution in [1.82, 2.24) is 0 Å². The molecule has 0 radical (unpaired) electrons.